The zero-order chi connectivity index (χ0) is 20.7. The lowest BCUT2D eigenvalue weighted by atomic mass is 10.1. The van der Waals surface area contributed by atoms with Crippen LogP contribution in [0, 0.1) is 0 Å². The van der Waals surface area contributed by atoms with E-state index in [1.54, 1.807) is 12.1 Å². The molecule has 1 N–H and O–H groups in total. The van der Waals surface area contributed by atoms with Crippen molar-refractivity contribution in [2.75, 3.05) is 27.4 Å². The highest BCUT2D eigenvalue weighted by molar-refractivity contribution is 6.32. The van der Waals surface area contributed by atoms with Crippen LogP contribution in [0.25, 0.3) is 0 Å². The minimum atomic E-state index is -4.51. The van der Waals surface area contributed by atoms with Gasteiger partial charge in [-0.2, -0.15) is 13.2 Å². The van der Waals surface area contributed by atoms with Crippen LogP contribution in [-0.4, -0.2) is 44.4 Å². The van der Waals surface area contributed by atoms with Gasteiger partial charge in [0.15, 0.2) is 18.1 Å². The fourth-order valence-corrected chi connectivity index (χ4v) is 2.49. The molecular formula is C18H18ClF3N2O4. The fraction of sp³-hybridized carbons (Fsp3) is 0.333. The lowest BCUT2D eigenvalue weighted by Gasteiger charge is -2.11. The largest absolute Gasteiger partial charge is 0.493 e. The number of hydrogen-bond donors (Lipinski definition) is 1. The lowest BCUT2D eigenvalue weighted by molar-refractivity contribution is -0.154. The highest BCUT2D eigenvalue weighted by Crippen LogP contribution is 2.28. The Labute approximate surface area is 164 Å². The summed E-state index contributed by atoms with van der Waals surface area (Å²) >= 11 is 5.83. The van der Waals surface area contributed by atoms with Crippen molar-refractivity contribution in [1.82, 2.24) is 10.3 Å². The number of methoxy groups -OCH3 is 2. The number of amides is 1. The average Bonchev–Trinajstić information content (AvgIpc) is 2.66. The number of nitrogens with one attached hydrogen (secondary N) is 1. The van der Waals surface area contributed by atoms with Crippen molar-refractivity contribution >= 4 is 17.5 Å². The summed E-state index contributed by atoms with van der Waals surface area (Å²) < 4.78 is 51.4. The smallest absolute Gasteiger partial charge is 0.422 e. The van der Waals surface area contributed by atoms with Gasteiger partial charge >= 0.3 is 6.18 Å². The predicted octanol–water partition coefficient (Wildman–Crippen LogP) is 3.67. The maximum absolute atomic E-state index is 12.2. The number of aromatic nitrogens is 1. The van der Waals surface area contributed by atoms with Crippen molar-refractivity contribution in [3.8, 4) is 17.4 Å². The van der Waals surface area contributed by atoms with Crippen LogP contribution in [0.2, 0.25) is 5.02 Å². The van der Waals surface area contributed by atoms with Crippen molar-refractivity contribution in [2.45, 2.75) is 12.6 Å². The highest BCUT2D eigenvalue weighted by Gasteiger charge is 2.29. The van der Waals surface area contributed by atoms with Gasteiger partial charge in [-0.3, -0.25) is 4.79 Å². The van der Waals surface area contributed by atoms with Gasteiger partial charge in [-0.05, 0) is 30.2 Å². The number of carbonyl (C=O) groups excluding carboxylic acids is 1. The SMILES string of the molecule is COc1ccc(CCNC(=O)c2cnc(OCC(F)(F)F)c(Cl)c2)cc1OC. The molecule has 0 spiro atoms. The molecule has 2 aromatic rings. The van der Waals surface area contributed by atoms with Gasteiger partial charge < -0.3 is 19.5 Å². The van der Waals surface area contributed by atoms with E-state index in [-0.39, 0.29) is 16.5 Å². The molecule has 0 aliphatic carbocycles. The van der Waals surface area contributed by atoms with E-state index in [2.05, 4.69) is 15.0 Å². The van der Waals surface area contributed by atoms with Crippen molar-refractivity contribution in [3.63, 3.8) is 0 Å². The first-order valence-electron chi connectivity index (χ1n) is 8.07. The van der Waals surface area contributed by atoms with Crippen LogP contribution < -0.4 is 19.5 Å². The molecule has 0 bridgehead atoms. The van der Waals surface area contributed by atoms with Gasteiger partial charge in [0.1, 0.15) is 5.02 Å². The van der Waals surface area contributed by atoms with Gasteiger partial charge in [-0.25, -0.2) is 4.98 Å². The molecule has 0 saturated carbocycles. The number of carbonyl (C=O) groups is 1. The minimum absolute atomic E-state index is 0.108. The van der Waals surface area contributed by atoms with Crippen molar-refractivity contribution in [1.29, 1.82) is 0 Å². The molecule has 1 aromatic heterocycles. The normalized spacial score (nSPS) is 11.1. The quantitative estimate of drug-likeness (QED) is 0.708. The highest BCUT2D eigenvalue weighted by atomic mass is 35.5. The molecule has 1 heterocycles. The molecule has 152 valence electrons. The number of rotatable bonds is 8. The van der Waals surface area contributed by atoms with E-state index in [9.17, 15) is 18.0 Å². The van der Waals surface area contributed by atoms with Crippen LogP contribution in [0.4, 0.5) is 13.2 Å². The third kappa shape index (κ3) is 6.19. The van der Waals surface area contributed by atoms with E-state index < -0.39 is 18.7 Å². The summed E-state index contributed by atoms with van der Waals surface area (Å²) in [6.45, 7) is -1.20. The fourth-order valence-electron chi connectivity index (χ4n) is 2.26. The lowest BCUT2D eigenvalue weighted by Crippen LogP contribution is -2.26. The van der Waals surface area contributed by atoms with E-state index in [4.69, 9.17) is 21.1 Å². The molecule has 1 amide bonds. The van der Waals surface area contributed by atoms with Gasteiger partial charge in [0.05, 0.1) is 19.8 Å². The first kappa shape index (κ1) is 21.6. The summed E-state index contributed by atoms with van der Waals surface area (Å²) in [5.41, 5.74) is 1.03. The van der Waals surface area contributed by atoms with E-state index in [1.165, 1.54) is 20.3 Å². The summed E-state index contributed by atoms with van der Waals surface area (Å²) in [5.74, 6) is 0.332. The summed E-state index contributed by atoms with van der Waals surface area (Å²) in [7, 11) is 3.07. The van der Waals surface area contributed by atoms with Crippen LogP contribution in [0.3, 0.4) is 0 Å². The second-order valence-electron chi connectivity index (χ2n) is 5.61. The summed E-state index contributed by atoms with van der Waals surface area (Å²) in [5, 5.41) is 2.50. The molecule has 10 heteroatoms. The van der Waals surface area contributed by atoms with Crippen molar-refractivity contribution in [3.05, 3.63) is 46.6 Å². The van der Waals surface area contributed by atoms with Gasteiger partial charge in [0, 0.05) is 12.7 Å². The third-order valence-corrected chi connectivity index (χ3v) is 3.86. The van der Waals surface area contributed by atoms with Gasteiger partial charge in [-0.1, -0.05) is 17.7 Å². The van der Waals surface area contributed by atoms with E-state index in [0.717, 1.165) is 11.8 Å². The van der Waals surface area contributed by atoms with Gasteiger partial charge in [0.25, 0.3) is 5.91 Å². The summed E-state index contributed by atoms with van der Waals surface area (Å²) in [6, 6.07) is 6.61. The number of pyridine rings is 1. The Bertz CT molecular complexity index is 831. The Morgan fingerprint density at radius 1 is 1.18 bits per heavy atom. The molecule has 0 radical (unpaired) electrons. The molecular weight excluding hydrogens is 401 g/mol. The Balaban J connectivity index is 1.92. The Morgan fingerprint density at radius 2 is 1.89 bits per heavy atom. The predicted molar refractivity (Wildman–Crippen MR) is 96.4 cm³/mol. The summed E-state index contributed by atoms with van der Waals surface area (Å²) in [6.07, 6.45) is -2.88. The van der Waals surface area contributed by atoms with E-state index >= 15 is 0 Å². The first-order valence-corrected chi connectivity index (χ1v) is 8.45. The molecule has 28 heavy (non-hydrogen) atoms. The third-order valence-electron chi connectivity index (χ3n) is 3.59. The molecule has 0 aliphatic rings. The summed E-state index contributed by atoms with van der Waals surface area (Å²) in [4.78, 5) is 15.8. The number of benzene rings is 1. The molecule has 6 nitrogen and oxygen atoms in total. The number of alkyl halides is 3. The second kappa shape index (κ2) is 9.50. The van der Waals surface area contributed by atoms with Gasteiger partial charge in [-0.15, -0.1) is 0 Å². The van der Waals surface area contributed by atoms with E-state index in [1.807, 2.05) is 6.07 Å². The van der Waals surface area contributed by atoms with Crippen LogP contribution in [0.1, 0.15) is 15.9 Å². The zero-order valence-corrected chi connectivity index (χ0v) is 15.9. The molecule has 0 fully saturated rings. The molecule has 0 aliphatic heterocycles. The Kier molecular flexibility index (Phi) is 7.33. The Hall–Kier alpha value is -2.68. The maximum atomic E-state index is 12.2. The van der Waals surface area contributed by atoms with Crippen LogP contribution in [0.15, 0.2) is 30.5 Å². The topological polar surface area (TPSA) is 69.7 Å². The second-order valence-corrected chi connectivity index (χ2v) is 6.02. The van der Waals surface area contributed by atoms with Crippen molar-refractivity contribution in [2.24, 2.45) is 0 Å². The maximum Gasteiger partial charge on any atom is 0.422 e. The first-order chi connectivity index (χ1) is 13.2. The van der Waals surface area contributed by atoms with E-state index in [0.29, 0.717) is 24.5 Å². The molecule has 0 saturated heterocycles. The van der Waals surface area contributed by atoms with Crippen molar-refractivity contribution < 1.29 is 32.2 Å². The molecule has 0 unspecified atom stereocenters. The van der Waals surface area contributed by atoms with Crippen LogP contribution in [0.5, 0.6) is 17.4 Å². The van der Waals surface area contributed by atoms with Gasteiger partial charge in [0.2, 0.25) is 5.88 Å². The van der Waals surface area contributed by atoms with Crippen LogP contribution >= 0.6 is 11.6 Å². The number of nitrogens with zero attached hydrogens (tertiary/aromatic N) is 1. The molecule has 0 atom stereocenters. The molecule has 2 rings (SSSR count). The monoisotopic (exact) mass is 418 g/mol. The number of hydrogen-bond acceptors (Lipinski definition) is 5. The number of halogens is 4. The zero-order valence-electron chi connectivity index (χ0n) is 15.1. The number of ether oxygens (including phenoxy) is 3. The van der Waals surface area contributed by atoms with Crippen LogP contribution in [-0.2, 0) is 6.42 Å². The standard InChI is InChI=1S/C18H18ClF3N2O4/c1-26-14-4-3-11(7-15(14)27-2)5-6-23-16(25)12-8-13(19)17(24-9-12)28-10-18(20,21)22/h3-4,7-9H,5-6,10H2,1-2H3,(H,23,25). The average molecular weight is 419 g/mol. The Morgan fingerprint density at radius 3 is 2.50 bits per heavy atom. The molecule has 1 aromatic carbocycles. The minimum Gasteiger partial charge on any atom is -0.493 e.